The van der Waals surface area contributed by atoms with Crippen molar-refractivity contribution in [3.05, 3.63) is 11.9 Å². The molecule has 0 bridgehead atoms. The number of aryl methyl sites for hydroxylation is 1. The molecule has 2 N–H and O–H groups in total. The van der Waals surface area contributed by atoms with Crippen LogP contribution in [0.15, 0.2) is 6.20 Å². The summed E-state index contributed by atoms with van der Waals surface area (Å²) >= 11 is 0. The van der Waals surface area contributed by atoms with Gasteiger partial charge in [-0.2, -0.15) is 0 Å². The number of carbonyl (C=O) groups is 1. The van der Waals surface area contributed by atoms with Gasteiger partial charge in [0.25, 0.3) is 0 Å². The van der Waals surface area contributed by atoms with E-state index >= 15 is 0 Å². The molecule has 0 spiro atoms. The van der Waals surface area contributed by atoms with Crippen LogP contribution >= 0.6 is 0 Å². The summed E-state index contributed by atoms with van der Waals surface area (Å²) < 4.78 is 1.72. The fourth-order valence-corrected chi connectivity index (χ4v) is 1.17. The monoisotopic (exact) mass is 225 g/mol. The summed E-state index contributed by atoms with van der Waals surface area (Å²) in [6, 6.07) is 0. The minimum absolute atomic E-state index is 0.0428. The van der Waals surface area contributed by atoms with E-state index in [4.69, 9.17) is 0 Å². The molecule has 1 rings (SSSR count). The van der Waals surface area contributed by atoms with Gasteiger partial charge in [-0.25, -0.2) is 0 Å². The molecule has 1 amide bonds. The topological polar surface area (TPSA) is 71.8 Å². The van der Waals surface area contributed by atoms with Gasteiger partial charge in [0.1, 0.15) is 0 Å². The first-order valence-electron chi connectivity index (χ1n) is 5.43. The van der Waals surface area contributed by atoms with Crippen LogP contribution in [0.25, 0.3) is 0 Å². The minimum Gasteiger partial charge on any atom is -0.355 e. The van der Waals surface area contributed by atoms with Crippen LogP contribution in [-0.2, 0) is 18.4 Å². The molecule has 1 aromatic rings. The number of nitrogens with zero attached hydrogens (tertiary/aromatic N) is 3. The number of amides is 1. The van der Waals surface area contributed by atoms with Crippen molar-refractivity contribution < 1.29 is 4.79 Å². The van der Waals surface area contributed by atoms with Crippen LogP contribution < -0.4 is 10.6 Å². The second-order valence-corrected chi connectivity index (χ2v) is 3.97. The van der Waals surface area contributed by atoms with Crippen molar-refractivity contribution in [2.75, 3.05) is 13.1 Å². The zero-order valence-electron chi connectivity index (χ0n) is 10.0. The van der Waals surface area contributed by atoms with Crippen molar-refractivity contribution in [3.8, 4) is 0 Å². The Balaban J connectivity index is 2.09. The summed E-state index contributed by atoms with van der Waals surface area (Å²) in [4.78, 5) is 11.2. The Labute approximate surface area is 95.4 Å². The van der Waals surface area contributed by atoms with E-state index in [1.807, 2.05) is 20.9 Å². The molecule has 0 saturated heterocycles. The van der Waals surface area contributed by atoms with Gasteiger partial charge in [-0.15, -0.1) is 5.10 Å². The molecule has 6 heteroatoms. The van der Waals surface area contributed by atoms with E-state index in [2.05, 4.69) is 20.9 Å². The standard InChI is InChI=1S/C10H19N5O/c1-8(2)10(16)12-5-4-11-6-9-7-13-14-15(9)3/h7-8,11H,4-6H2,1-3H3,(H,12,16). The van der Waals surface area contributed by atoms with Crippen LogP contribution in [0.4, 0.5) is 0 Å². The summed E-state index contributed by atoms with van der Waals surface area (Å²) in [5.41, 5.74) is 1.02. The Morgan fingerprint density at radius 3 is 2.81 bits per heavy atom. The highest BCUT2D eigenvalue weighted by atomic mass is 16.1. The average Bonchev–Trinajstić information content (AvgIpc) is 2.63. The van der Waals surface area contributed by atoms with Crippen LogP contribution in [-0.4, -0.2) is 34.0 Å². The molecule has 6 nitrogen and oxygen atoms in total. The Hall–Kier alpha value is -1.43. The van der Waals surface area contributed by atoms with Gasteiger partial charge in [0.05, 0.1) is 11.9 Å². The van der Waals surface area contributed by atoms with Crippen molar-refractivity contribution in [1.82, 2.24) is 25.6 Å². The number of hydrogen-bond acceptors (Lipinski definition) is 4. The first-order valence-corrected chi connectivity index (χ1v) is 5.43. The van der Waals surface area contributed by atoms with Crippen LogP contribution in [0.5, 0.6) is 0 Å². The smallest absolute Gasteiger partial charge is 0.222 e. The van der Waals surface area contributed by atoms with E-state index in [9.17, 15) is 4.79 Å². The van der Waals surface area contributed by atoms with Gasteiger partial charge in [0.2, 0.25) is 5.91 Å². The Morgan fingerprint density at radius 1 is 1.50 bits per heavy atom. The number of rotatable bonds is 6. The third kappa shape index (κ3) is 3.98. The van der Waals surface area contributed by atoms with Crippen LogP contribution in [0.2, 0.25) is 0 Å². The molecule has 0 atom stereocenters. The van der Waals surface area contributed by atoms with E-state index in [-0.39, 0.29) is 11.8 Å². The first kappa shape index (κ1) is 12.6. The Morgan fingerprint density at radius 2 is 2.25 bits per heavy atom. The molecule has 0 radical (unpaired) electrons. The molecule has 0 aliphatic rings. The number of hydrogen-bond donors (Lipinski definition) is 2. The summed E-state index contributed by atoms with van der Waals surface area (Å²) in [6.07, 6.45) is 1.72. The Kier molecular flexibility index (Phi) is 4.91. The van der Waals surface area contributed by atoms with Gasteiger partial charge in [-0.1, -0.05) is 19.1 Å². The molecule has 90 valence electrons. The quantitative estimate of drug-likeness (QED) is 0.651. The summed E-state index contributed by atoms with van der Waals surface area (Å²) in [5, 5.41) is 13.6. The number of nitrogens with one attached hydrogen (secondary N) is 2. The molecule has 0 aliphatic heterocycles. The molecule has 0 saturated carbocycles. The maximum atomic E-state index is 11.2. The average molecular weight is 225 g/mol. The number of aromatic nitrogens is 3. The van der Waals surface area contributed by atoms with E-state index in [1.165, 1.54) is 0 Å². The van der Waals surface area contributed by atoms with E-state index in [0.717, 1.165) is 12.2 Å². The SMILES string of the molecule is CC(C)C(=O)NCCNCc1cnnn1C. The molecule has 0 aromatic carbocycles. The highest BCUT2D eigenvalue weighted by molar-refractivity contribution is 5.77. The lowest BCUT2D eigenvalue weighted by Crippen LogP contribution is -2.34. The lowest BCUT2D eigenvalue weighted by atomic mass is 10.2. The predicted molar refractivity (Wildman–Crippen MR) is 60.6 cm³/mol. The van der Waals surface area contributed by atoms with E-state index in [0.29, 0.717) is 13.1 Å². The maximum absolute atomic E-state index is 11.2. The summed E-state index contributed by atoms with van der Waals surface area (Å²) in [6.45, 7) is 5.85. The zero-order valence-corrected chi connectivity index (χ0v) is 10.0. The number of carbonyl (C=O) groups excluding carboxylic acids is 1. The van der Waals surface area contributed by atoms with Crippen LogP contribution in [0, 0.1) is 5.92 Å². The highest BCUT2D eigenvalue weighted by Gasteiger charge is 2.04. The predicted octanol–water partition coefficient (Wildman–Crippen LogP) is -0.323. The molecule has 0 fully saturated rings. The minimum atomic E-state index is 0.0428. The zero-order chi connectivity index (χ0) is 12.0. The maximum Gasteiger partial charge on any atom is 0.222 e. The first-order chi connectivity index (χ1) is 7.61. The third-order valence-electron chi connectivity index (χ3n) is 2.24. The van der Waals surface area contributed by atoms with Crippen molar-refractivity contribution in [3.63, 3.8) is 0 Å². The van der Waals surface area contributed by atoms with Gasteiger partial charge >= 0.3 is 0 Å². The second-order valence-electron chi connectivity index (χ2n) is 3.97. The molecular weight excluding hydrogens is 206 g/mol. The Bertz CT molecular complexity index is 334. The van der Waals surface area contributed by atoms with Crippen molar-refractivity contribution in [1.29, 1.82) is 0 Å². The summed E-state index contributed by atoms with van der Waals surface area (Å²) in [5.74, 6) is 0.130. The molecule has 1 aromatic heterocycles. The normalized spacial score (nSPS) is 10.8. The van der Waals surface area contributed by atoms with E-state index < -0.39 is 0 Å². The van der Waals surface area contributed by atoms with Crippen molar-refractivity contribution >= 4 is 5.91 Å². The fraction of sp³-hybridized carbons (Fsp3) is 0.700. The molecule has 1 heterocycles. The van der Waals surface area contributed by atoms with Gasteiger partial charge in [-0.05, 0) is 0 Å². The van der Waals surface area contributed by atoms with Crippen molar-refractivity contribution in [2.24, 2.45) is 13.0 Å². The molecule has 16 heavy (non-hydrogen) atoms. The molecular formula is C10H19N5O. The van der Waals surface area contributed by atoms with Crippen LogP contribution in [0.3, 0.4) is 0 Å². The third-order valence-corrected chi connectivity index (χ3v) is 2.24. The van der Waals surface area contributed by atoms with Gasteiger partial charge in [0, 0.05) is 32.6 Å². The molecule has 0 aliphatic carbocycles. The van der Waals surface area contributed by atoms with Crippen LogP contribution in [0.1, 0.15) is 19.5 Å². The lowest BCUT2D eigenvalue weighted by molar-refractivity contribution is -0.123. The van der Waals surface area contributed by atoms with E-state index in [1.54, 1.807) is 10.9 Å². The van der Waals surface area contributed by atoms with Gasteiger partial charge in [0.15, 0.2) is 0 Å². The second kappa shape index (κ2) is 6.22. The van der Waals surface area contributed by atoms with Gasteiger partial charge < -0.3 is 10.6 Å². The van der Waals surface area contributed by atoms with Gasteiger partial charge in [-0.3, -0.25) is 9.48 Å². The summed E-state index contributed by atoms with van der Waals surface area (Å²) in [7, 11) is 1.85. The lowest BCUT2D eigenvalue weighted by Gasteiger charge is -2.08. The molecule has 0 unspecified atom stereocenters. The van der Waals surface area contributed by atoms with Crippen molar-refractivity contribution in [2.45, 2.75) is 20.4 Å². The highest BCUT2D eigenvalue weighted by Crippen LogP contribution is 1.91. The fourth-order valence-electron chi connectivity index (χ4n) is 1.17. The largest absolute Gasteiger partial charge is 0.355 e.